The summed E-state index contributed by atoms with van der Waals surface area (Å²) in [5, 5.41) is 5.71. The van der Waals surface area contributed by atoms with E-state index in [9.17, 15) is 0 Å². The van der Waals surface area contributed by atoms with Crippen molar-refractivity contribution in [1.29, 1.82) is 0 Å². The van der Waals surface area contributed by atoms with Gasteiger partial charge in [-0.1, -0.05) is 12.1 Å². The number of hydrogen-bond acceptors (Lipinski definition) is 4. The highest BCUT2D eigenvalue weighted by atomic mass is 16.7. The largest absolute Gasteiger partial charge is 0.454 e. The molecule has 0 amide bonds. The zero-order valence-electron chi connectivity index (χ0n) is 11.6. The monoisotopic (exact) mass is 278 g/mol. The molecule has 104 valence electrons. The summed E-state index contributed by atoms with van der Waals surface area (Å²) in [6, 6.07) is 14.1. The quantitative estimate of drug-likeness (QED) is 0.769. The minimum Gasteiger partial charge on any atom is -0.454 e. The Balaban J connectivity index is 1.75. The Morgan fingerprint density at radius 3 is 2.90 bits per heavy atom. The Hall–Kier alpha value is -2.75. The molecule has 0 spiro atoms. The second-order valence-corrected chi connectivity index (χ2v) is 5.05. The molecular formula is C17H14N2O2. The van der Waals surface area contributed by atoms with Gasteiger partial charge in [-0.05, 0) is 31.2 Å². The van der Waals surface area contributed by atoms with Gasteiger partial charge in [-0.15, -0.1) is 0 Å². The second kappa shape index (κ2) is 4.66. The molecule has 1 aromatic heterocycles. The Morgan fingerprint density at radius 1 is 1.05 bits per heavy atom. The van der Waals surface area contributed by atoms with Gasteiger partial charge in [0.15, 0.2) is 11.5 Å². The molecule has 0 aliphatic carbocycles. The number of hydrogen-bond donors (Lipinski definition) is 1. The maximum absolute atomic E-state index is 5.41. The van der Waals surface area contributed by atoms with E-state index in [2.05, 4.69) is 28.5 Å². The van der Waals surface area contributed by atoms with Crippen LogP contribution in [0.1, 0.15) is 5.69 Å². The number of fused-ring (bicyclic) bond motifs is 2. The molecule has 4 nitrogen and oxygen atoms in total. The first-order valence-electron chi connectivity index (χ1n) is 6.82. The van der Waals surface area contributed by atoms with E-state index in [4.69, 9.17) is 9.47 Å². The summed E-state index contributed by atoms with van der Waals surface area (Å²) < 4.78 is 10.7. The molecule has 2 heterocycles. The molecule has 4 rings (SSSR count). The van der Waals surface area contributed by atoms with Gasteiger partial charge in [0.05, 0.1) is 0 Å². The standard InChI is InChI=1S/C17H14N2O2/c1-11-7-14-12(9-18-11)3-2-4-15(14)19-13-5-6-16-17(8-13)21-10-20-16/h2-9,19H,10H2,1H3. The minimum atomic E-state index is 0.290. The highest BCUT2D eigenvalue weighted by molar-refractivity contribution is 5.95. The number of nitrogens with one attached hydrogen (secondary N) is 1. The molecule has 0 bridgehead atoms. The predicted molar refractivity (Wildman–Crippen MR) is 82.3 cm³/mol. The SMILES string of the molecule is Cc1cc2c(Nc3ccc4c(c3)OCO4)cccc2cn1. The van der Waals surface area contributed by atoms with Crippen LogP contribution in [0.2, 0.25) is 0 Å². The lowest BCUT2D eigenvalue weighted by atomic mass is 10.1. The van der Waals surface area contributed by atoms with Gasteiger partial charge in [0.2, 0.25) is 6.79 Å². The van der Waals surface area contributed by atoms with E-state index in [0.717, 1.165) is 39.3 Å². The van der Waals surface area contributed by atoms with Crippen molar-refractivity contribution >= 4 is 22.1 Å². The molecule has 2 aromatic carbocycles. The van der Waals surface area contributed by atoms with Crippen LogP contribution < -0.4 is 14.8 Å². The van der Waals surface area contributed by atoms with Crippen molar-refractivity contribution < 1.29 is 9.47 Å². The maximum atomic E-state index is 5.41. The Morgan fingerprint density at radius 2 is 1.95 bits per heavy atom. The molecule has 0 radical (unpaired) electrons. The highest BCUT2D eigenvalue weighted by Gasteiger charge is 2.13. The summed E-state index contributed by atoms with van der Waals surface area (Å²) in [4.78, 5) is 4.34. The normalized spacial score (nSPS) is 12.6. The van der Waals surface area contributed by atoms with Gasteiger partial charge < -0.3 is 14.8 Å². The second-order valence-electron chi connectivity index (χ2n) is 5.05. The molecule has 0 unspecified atom stereocenters. The number of nitrogens with zero attached hydrogens (tertiary/aromatic N) is 1. The van der Waals surface area contributed by atoms with Crippen LogP contribution >= 0.6 is 0 Å². The van der Waals surface area contributed by atoms with Gasteiger partial charge in [-0.2, -0.15) is 0 Å². The lowest BCUT2D eigenvalue weighted by Crippen LogP contribution is -1.93. The molecule has 3 aromatic rings. The predicted octanol–water partition coefficient (Wildman–Crippen LogP) is 4.02. The molecule has 0 atom stereocenters. The third-order valence-electron chi connectivity index (χ3n) is 3.55. The van der Waals surface area contributed by atoms with Crippen LogP contribution in [0.15, 0.2) is 48.7 Å². The molecule has 21 heavy (non-hydrogen) atoms. The third kappa shape index (κ3) is 2.14. The molecular weight excluding hydrogens is 264 g/mol. The van der Waals surface area contributed by atoms with Crippen LogP contribution in [-0.4, -0.2) is 11.8 Å². The van der Waals surface area contributed by atoms with Crippen molar-refractivity contribution in [2.24, 2.45) is 0 Å². The van der Waals surface area contributed by atoms with Crippen LogP contribution in [0, 0.1) is 6.92 Å². The average Bonchev–Trinajstić information content (AvgIpc) is 2.95. The smallest absolute Gasteiger partial charge is 0.231 e. The summed E-state index contributed by atoms with van der Waals surface area (Å²) in [5.74, 6) is 1.57. The van der Waals surface area contributed by atoms with Gasteiger partial charge in [0.1, 0.15) is 0 Å². The van der Waals surface area contributed by atoms with Gasteiger partial charge >= 0.3 is 0 Å². The first-order valence-corrected chi connectivity index (χ1v) is 6.82. The summed E-state index contributed by atoms with van der Waals surface area (Å²) >= 11 is 0. The Labute approximate surface area is 122 Å². The molecule has 4 heteroatoms. The number of rotatable bonds is 2. The van der Waals surface area contributed by atoms with E-state index in [0.29, 0.717) is 0 Å². The number of benzene rings is 2. The zero-order valence-corrected chi connectivity index (χ0v) is 11.6. The number of aryl methyl sites for hydroxylation is 1. The molecule has 1 N–H and O–H groups in total. The van der Waals surface area contributed by atoms with E-state index in [1.54, 1.807) is 0 Å². The summed E-state index contributed by atoms with van der Waals surface area (Å²) in [6.07, 6.45) is 1.90. The molecule has 1 aliphatic rings. The van der Waals surface area contributed by atoms with Gasteiger partial charge in [0.25, 0.3) is 0 Å². The number of pyridine rings is 1. The lowest BCUT2D eigenvalue weighted by molar-refractivity contribution is 0.174. The molecule has 0 saturated heterocycles. The topological polar surface area (TPSA) is 43.4 Å². The summed E-state index contributed by atoms with van der Waals surface area (Å²) in [5.41, 5.74) is 3.03. The van der Waals surface area contributed by atoms with Crippen molar-refractivity contribution in [2.75, 3.05) is 12.1 Å². The average molecular weight is 278 g/mol. The Bertz CT molecular complexity index is 830. The number of aromatic nitrogens is 1. The van der Waals surface area contributed by atoms with Crippen LogP contribution in [0.25, 0.3) is 10.8 Å². The van der Waals surface area contributed by atoms with Crippen LogP contribution in [0.4, 0.5) is 11.4 Å². The minimum absolute atomic E-state index is 0.290. The zero-order chi connectivity index (χ0) is 14.2. The fraction of sp³-hybridized carbons (Fsp3) is 0.118. The Kier molecular flexibility index (Phi) is 2.67. The van der Waals surface area contributed by atoms with Crippen molar-refractivity contribution in [3.8, 4) is 11.5 Å². The van der Waals surface area contributed by atoms with Crippen LogP contribution in [0.3, 0.4) is 0 Å². The lowest BCUT2D eigenvalue weighted by Gasteiger charge is -2.10. The third-order valence-corrected chi connectivity index (χ3v) is 3.55. The highest BCUT2D eigenvalue weighted by Crippen LogP contribution is 2.36. The molecule has 0 fully saturated rings. The van der Waals surface area contributed by atoms with Crippen molar-refractivity contribution in [1.82, 2.24) is 4.98 Å². The molecule has 0 saturated carbocycles. The summed E-state index contributed by atoms with van der Waals surface area (Å²) in [6.45, 7) is 2.29. The van der Waals surface area contributed by atoms with Gasteiger partial charge in [-0.25, -0.2) is 0 Å². The van der Waals surface area contributed by atoms with E-state index in [1.807, 2.05) is 37.4 Å². The van der Waals surface area contributed by atoms with Crippen molar-refractivity contribution in [3.63, 3.8) is 0 Å². The fourth-order valence-corrected chi connectivity index (χ4v) is 2.51. The molecule has 1 aliphatic heterocycles. The first-order chi connectivity index (χ1) is 10.3. The number of anilines is 2. The first kappa shape index (κ1) is 12.0. The fourth-order valence-electron chi connectivity index (χ4n) is 2.51. The van der Waals surface area contributed by atoms with Crippen LogP contribution in [0.5, 0.6) is 11.5 Å². The van der Waals surface area contributed by atoms with Crippen molar-refractivity contribution in [3.05, 3.63) is 54.4 Å². The van der Waals surface area contributed by atoms with Gasteiger partial charge in [-0.3, -0.25) is 4.98 Å². The van der Waals surface area contributed by atoms with E-state index < -0.39 is 0 Å². The summed E-state index contributed by atoms with van der Waals surface area (Å²) in [7, 11) is 0. The van der Waals surface area contributed by atoms with Crippen molar-refractivity contribution in [2.45, 2.75) is 6.92 Å². The number of ether oxygens (including phenoxy) is 2. The maximum Gasteiger partial charge on any atom is 0.231 e. The van der Waals surface area contributed by atoms with E-state index in [-0.39, 0.29) is 6.79 Å². The van der Waals surface area contributed by atoms with E-state index >= 15 is 0 Å². The van der Waals surface area contributed by atoms with E-state index in [1.165, 1.54) is 0 Å². The van der Waals surface area contributed by atoms with Crippen LogP contribution in [-0.2, 0) is 0 Å². The van der Waals surface area contributed by atoms with Gasteiger partial charge in [0, 0.05) is 40.1 Å².